The van der Waals surface area contributed by atoms with Crippen molar-refractivity contribution in [1.29, 1.82) is 0 Å². The van der Waals surface area contributed by atoms with Gasteiger partial charge < -0.3 is 5.11 Å². The van der Waals surface area contributed by atoms with E-state index in [-0.39, 0.29) is 11.3 Å². The van der Waals surface area contributed by atoms with Gasteiger partial charge in [-0.2, -0.15) is 5.10 Å². The first-order chi connectivity index (χ1) is 8.09. The van der Waals surface area contributed by atoms with E-state index in [2.05, 4.69) is 10.2 Å². The molecule has 7 heteroatoms. The van der Waals surface area contributed by atoms with Crippen LogP contribution in [0.1, 0.15) is 17.2 Å². The van der Waals surface area contributed by atoms with Crippen LogP contribution in [0.25, 0.3) is 0 Å². The van der Waals surface area contributed by atoms with E-state index < -0.39 is 11.0 Å². The van der Waals surface area contributed by atoms with Crippen LogP contribution in [-0.2, 0) is 0 Å². The van der Waals surface area contributed by atoms with Crippen LogP contribution in [0.2, 0.25) is 5.02 Å². The molecule has 0 aliphatic carbocycles. The third-order valence-electron chi connectivity index (χ3n) is 2.32. The molecule has 6 nitrogen and oxygen atoms in total. The van der Waals surface area contributed by atoms with Gasteiger partial charge in [-0.1, -0.05) is 11.6 Å². The molecule has 2 N–H and O–H groups in total. The van der Waals surface area contributed by atoms with E-state index in [0.717, 1.165) is 0 Å². The number of nitrogens with one attached hydrogen (secondary N) is 1. The molecular weight excluding hydrogens is 246 g/mol. The molecule has 0 fully saturated rings. The molecule has 0 radical (unpaired) electrons. The second kappa shape index (κ2) is 4.52. The van der Waals surface area contributed by atoms with E-state index in [0.29, 0.717) is 10.6 Å². The fraction of sp³-hybridized carbons (Fsp3) is 0.100. The summed E-state index contributed by atoms with van der Waals surface area (Å²) in [6, 6.07) is 4.05. The average molecular weight is 254 g/mol. The summed E-state index contributed by atoms with van der Waals surface area (Å²) in [5, 5.41) is 27.4. The maximum atomic E-state index is 10.8. The minimum atomic E-state index is -1.13. The molecule has 0 saturated carbocycles. The van der Waals surface area contributed by atoms with Crippen LogP contribution in [0.15, 0.2) is 30.6 Å². The standard InChI is InChI=1S/C10H8ClN3O3/c11-7-1-2-9(14(16)17)8(3-7)10(15)6-4-12-13-5-6/h1-5,10,15H,(H,12,13). The Balaban J connectivity index is 2.50. The number of nitro benzene ring substituents is 1. The summed E-state index contributed by atoms with van der Waals surface area (Å²) >= 11 is 5.77. The summed E-state index contributed by atoms with van der Waals surface area (Å²) in [5.74, 6) is 0. The Labute approximate surface area is 101 Å². The van der Waals surface area contributed by atoms with Gasteiger partial charge in [0.25, 0.3) is 5.69 Å². The quantitative estimate of drug-likeness (QED) is 0.647. The maximum absolute atomic E-state index is 10.8. The van der Waals surface area contributed by atoms with Gasteiger partial charge in [-0.3, -0.25) is 15.2 Å². The van der Waals surface area contributed by atoms with E-state index in [1.165, 1.54) is 30.6 Å². The number of H-pyrrole nitrogens is 1. The number of aliphatic hydroxyl groups is 1. The Morgan fingerprint density at radius 1 is 1.53 bits per heavy atom. The van der Waals surface area contributed by atoms with Crippen LogP contribution in [0.5, 0.6) is 0 Å². The Kier molecular flexibility index (Phi) is 3.08. The molecule has 2 aromatic rings. The zero-order valence-corrected chi connectivity index (χ0v) is 9.26. The molecule has 1 unspecified atom stereocenters. The molecule has 1 aromatic carbocycles. The Morgan fingerprint density at radius 3 is 2.88 bits per heavy atom. The minimum Gasteiger partial charge on any atom is -0.383 e. The van der Waals surface area contributed by atoms with Gasteiger partial charge in [-0.05, 0) is 12.1 Å². The summed E-state index contributed by atoms with van der Waals surface area (Å²) in [7, 11) is 0. The van der Waals surface area contributed by atoms with Crippen molar-refractivity contribution in [2.75, 3.05) is 0 Å². The molecule has 0 aliphatic rings. The average Bonchev–Trinajstić information content (AvgIpc) is 2.80. The smallest absolute Gasteiger partial charge is 0.275 e. The highest BCUT2D eigenvalue weighted by Gasteiger charge is 2.22. The minimum absolute atomic E-state index is 0.143. The van der Waals surface area contributed by atoms with Gasteiger partial charge in [0.1, 0.15) is 6.10 Å². The van der Waals surface area contributed by atoms with Crippen molar-refractivity contribution in [3.8, 4) is 0 Å². The van der Waals surface area contributed by atoms with Crippen molar-refractivity contribution in [1.82, 2.24) is 10.2 Å². The fourth-order valence-corrected chi connectivity index (χ4v) is 1.68. The second-order valence-electron chi connectivity index (χ2n) is 3.39. The topological polar surface area (TPSA) is 92.1 Å². The van der Waals surface area contributed by atoms with E-state index in [1.54, 1.807) is 0 Å². The summed E-state index contributed by atoms with van der Waals surface area (Å²) in [6.45, 7) is 0. The first-order valence-electron chi connectivity index (χ1n) is 4.70. The van der Waals surface area contributed by atoms with Crippen LogP contribution < -0.4 is 0 Å². The largest absolute Gasteiger partial charge is 0.383 e. The van der Waals surface area contributed by atoms with Gasteiger partial charge in [0, 0.05) is 22.8 Å². The lowest BCUT2D eigenvalue weighted by Crippen LogP contribution is -2.03. The highest BCUT2D eigenvalue weighted by Crippen LogP contribution is 2.31. The van der Waals surface area contributed by atoms with E-state index in [4.69, 9.17) is 11.6 Å². The predicted molar refractivity (Wildman–Crippen MR) is 60.8 cm³/mol. The van der Waals surface area contributed by atoms with Crippen molar-refractivity contribution in [2.45, 2.75) is 6.10 Å². The van der Waals surface area contributed by atoms with E-state index in [9.17, 15) is 15.2 Å². The zero-order chi connectivity index (χ0) is 12.4. The predicted octanol–water partition coefficient (Wildman–Crippen LogP) is 2.05. The molecule has 0 aliphatic heterocycles. The number of hydrogen-bond donors (Lipinski definition) is 2. The third-order valence-corrected chi connectivity index (χ3v) is 2.55. The number of aromatic nitrogens is 2. The summed E-state index contributed by atoms with van der Waals surface area (Å²) in [4.78, 5) is 10.3. The normalized spacial score (nSPS) is 12.4. The van der Waals surface area contributed by atoms with Crippen molar-refractivity contribution < 1.29 is 10.0 Å². The van der Waals surface area contributed by atoms with Gasteiger partial charge >= 0.3 is 0 Å². The molecule has 2 rings (SSSR count). The molecule has 0 amide bonds. The summed E-state index contributed by atoms with van der Waals surface area (Å²) in [5.41, 5.74) is 0.405. The monoisotopic (exact) mass is 253 g/mol. The van der Waals surface area contributed by atoms with E-state index >= 15 is 0 Å². The molecule has 1 heterocycles. The number of rotatable bonds is 3. The van der Waals surface area contributed by atoms with Gasteiger partial charge in [0.15, 0.2) is 0 Å². The molecule has 1 atom stereocenters. The molecule has 0 bridgehead atoms. The van der Waals surface area contributed by atoms with Gasteiger partial charge in [0.05, 0.1) is 16.7 Å². The fourth-order valence-electron chi connectivity index (χ4n) is 1.50. The number of nitro groups is 1. The van der Waals surface area contributed by atoms with Gasteiger partial charge in [-0.15, -0.1) is 0 Å². The first kappa shape index (κ1) is 11.6. The highest BCUT2D eigenvalue weighted by atomic mass is 35.5. The Bertz CT molecular complexity index is 542. The number of halogens is 1. The van der Waals surface area contributed by atoms with Crippen LogP contribution in [0.3, 0.4) is 0 Å². The SMILES string of the molecule is O=[N+]([O-])c1ccc(Cl)cc1C(O)c1cn[nH]c1. The van der Waals surface area contributed by atoms with Crippen LogP contribution in [0, 0.1) is 10.1 Å². The van der Waals surface area contributed by atoms with E-state index in [1.807, 2.05) is 0 Å². The number of benzene rings is 1. The molecule has 0 spiro atoms. The van der Waals surface area contributed by atoms with Crippen molar-refractivity contribution in [3.63, 3.8) is 0 Å². The first-order valence-corrected chi connectivity index (χ1v) is 5.08. The molecule has 88 valence electrons. The third kappa shape index (κ3) is 2.27. The van der Waals surface area contributed by atoms with Gasteiger partial charge in [0.2, 0.25) is 0 Å². The lowest BCUT2D eigenvalue weighted by molar-refractivity contribution is -0.386. The number of aliphatic hydroxyl groups excluding tert-OH is 1. The Morgan fingerprint density at radius 2 is 2.29 bits per heavy atom. The van der Waals surface area contributed by atoms with Crippen LogP contribution >= 0.6 is 11.6 Å². The molecule has 0 saturated heterocycles. The van der Waals surface area contributed by atoms with Crippen molar-refractivity contribution >= 4 is 17.3 Å². The van der Waals surface area contributed by atoms with Crippen molar-refractivity contribution in [3.05, 3.63) is 56.9 Å². The molecule has 17 heavy (non-hydrogen) atoms. The maximum Gasteiger partial charge on any atom is 0.275 e. The number of hydrogen-bond acceptors (Lipinski definition) is 4. The van der Waals surface area contributed by atoms with Crippen LogP contribution in [-0.4, -0.2) is 20.2 Å². The molecule has 1 aromatic heterocycles. The number of aromatic amines is 1. The second-order valence-corrected chi connectivity index (χ2v) is 3.83. The Hall–Kier alpha value is -1.92. The summed E-state index contributed by atoms with van der Waals surface area (Å²) in [6.07, 6.45) is 1.73. The lowest BCUT2D eigenvalue weighted by atomic mass is 10.0. The molecular formula is C10H8ClN3O3. The van der Waals surface area contributed by atoms with Gasteiger partial charge in [-0.25, -0.2) is 0 Å². The lowest BCUT2D eigenvalue weighted by Gasteiger charge is -2.09. The van der Waals surface area contributed by atoms with Crippen molar-refractivity contribution in [2.24, 2.45) is 0 Å². The number of nitrogens with zero attached hydrogens (tertiary/aromatic N) is 2. The van der Waals surface area contributed by atoms with Crippen LogP contribution in [0.4, 0.5) is 5.69 Å². The zero-order valence-electron chi connectivity index (χ0n) is 8.50. The summed E-state index contributed by atoms with van der Waals surface area (Å²) < 4.78 is 0. The highest BCUT2D eigenvalue weighted by molar-refractivity contribution is 6.30.